The molecule has 0 saturated heterocycles. The van der Waals surface area contributed by atoms with Crippen LogP contribution in [0.3, 0.4) is 0 Å². The van der Waals surface area contributed by atoms with E-state index in [0.717, 1.165) is 0 Å². The third-order valence-corrected chi connectivity index (χ3v) is 3.90. The molecule has 134 valence electrons. The molecule has 0 fully saturated rings. The molecule has 0 radical (unpaired) electrons. The maximum Gasteiger partial charge on any atom is 0.343 e. The molecule has 0 spiro atoms. The first-order chi connectivity index (χ1) is 13.1. The van der Waals surface area contributed by atoms with Gasteiger partial charge in [-0.1, -0.05) is 30.3 Å². The van der Waals surface area contributed by atoms with E-state index in [4.69, 9.17) is 4.74 Å². The zero-order valence-electron chi connectivity index (χ0n) is 14.5. The van der Waals surface area contributed by atoms with Gasteiger partial charge in [0.1, 0.15) is 5.75 Å². The quantitative estimate of drug-likeness (QED) is 0.392. The Labute approximate surface area is 156 Å². The van der Waals surface area contributed by atoms with E-state index in [2.05, 4.69) is 4.74 Å². The monoisotopic (exact) mass is 360 g/mol. The van der Waals surface area contributed by atoms with Crippen molar-refractivity contribution in [3.63, 3.8) is 0 Å². The smallest absolute Gasteiger partial charge is 0.343 e. The lowest BCUT2D eigenvalue weighted by Gasteiger charge is -2.06. The SMILES string of the molecule is COC(=O)c1ccc(C(=O)Oc2ccc(C(=O)c3ccccc3)cc2)cc1. The molecule has 0 aromatic heterocycles. The maximum absolute atomic E-state index is 12.4. The Balaban J connectivity index is 1.68. The molecular formula is C22H16O5. The minimum Gasteiger partial charge on any atom is -0.465 e. The molecule has 3 rings (SSSR count). The standard InChI is InChI=1S/C22H16O5/c1-26-21(24)17-7-9-18(10-8-17)22(25)27-19-13-11-16(12-14-19)20(23)15-5-3-2-4-6-15/h2-14H,1H3. The first kappa shape index (κ1) is 18.1. The summed E-state index contributed by atoms with van der Waals surface area (Å²) in [5.74, 6) is -0.823. The Morgan fingerprint density at radius 3 is 1.63 bits per heavy atom. The molecule has 3 aromatic rings. The van der Waals surface area contributed by atoms with E-state index in [9.17, 15) is 14.4 Å². The fourth-order valence-corrected chi connectivity index (χ4v) is 2.46. The predicted octanol–water partition coefficient (Wildman–Crippen LogP) is 3.92. The highest BCUT2D eigenvalue weighted by atomic mass is 16.5. The molecule has 0 amide bonds. The molecule has 0 heterocycles. The van der Waals surface area contributed by atoms with E-state index >= 15 is 0 Å². The van der Waals surface area contributed by atoms with Crippen LogP contribution >= 0.6 is 0 Å². The van der Waals surface area contributed by atoms with Crippen LogP contribution in [-0.2, 0) is 4.74 Å². The normalized spacial score (nSPS) is 10.1. The largest absolute Gasteiger partial charge is 0.465 e. The van der Waals surface area contributed by atoms with Gasteiger partial charge in [0.2, 0.25) is 0 Å². The van der Waals surface area contributed by atoms with Crippen molar-refractivity contribution in [3.8, 4) is 5.75 Å². The molecule has 3 aromatic carbocycles. The number of ether oxygens (including phenoxy) is 2. The van der Waals surface area contributed by atoms with E-state index in [1.807, 2.05) is 6.07 Å². The number of rotatable bonds is 5. The van der Waals surface area contributed by atoms with E-state index in [-0.39, 0.29) is 5.78 Å². The van der Waals surface area contributed by atoms with Crippen LogP contribution in [0.2, 0.25) is 0 Å². The number of hydrogen-bond donors (Lipinski definition) is 0. The van der Waals surface area contributed by atoms with Crippen LogP contribution in [0.25, 0.3) is 0 Å². The van der Waals surface area contributed by atoms with Crippen molar-refractivity contribution in [2.45, 2.75) is 0 Å². The van der Waals surface area contributed by atoms with Gasteiger partial charge in [0, 0.05) is 11.1 Å². The fraction of sp³-hybridized carbons (Fsp3) is 0.0455. The van der Waals surface area contributed by atoms with E-state index in [0.29, 0.717) is 28.0 Å². The molecule has 5 nitrogen and oxygen atoms in total. The highest BCUT2D eigenvalue weighted by molar-refractivity contribution is 6.09. The van der Waals surface area contributed by atoms with Gasteiger partial charge < -0.3 is 9.47 Å². The molecule has 0 saturated carbocycles. The Bertz CT molecular complexity index is 958. The summed E-state index contributed by atoms with van der Waals surface area (Å²) in [6, 6.07) is 21.2. The van der Waals surface area contributed by atoms with Gasteiger partial charge in [-0.3, -0.25) is 4.79 Å². The summed E-state index contributed by atoms with van der Waals surface area (Å²) in [7, 11) is 1.29. The Morgan fingerprint density at radius 2 is 1.07 bits per heavy atom. The second-order valence-corrected chi connectivity index (χ2v) is 5.68. The zero-order valence-corrected chi connectivity index (χ0v) is 14.5. The van der Waals surface area contributed by atoms with Gasteiger partial charge in [0.05, 0.1) is 18.2 Å². The number of carbonyl (C=O) groups excluding carboxylic acids is 3. The van der Waals surface area contributed by atoms with Crippen molar-refractivity contribution in [3.05, 3.63) is 101 Å². The minimum atomic E-state index is -0.562. The molecular weight excluding hydrogens is 344 g/mol. The van der Waals surface area contributed by atoms with E-state index in [1.165, 1.54) is 31.4 Å². The summed E-state index contributed by atoms with van der Waals surface area (Å²) < 4.78 is 9.91. The van der Waals surface area contributed by atoms with Crippen molar-refractivity contribution in [1.82, 2.24) is 0 Å². The number of hydrogen-bond acceptors (Lipinski definition) is 5. The first-order valence-electron chi connectivity index (χ1n) is 8.19. The summed E-state index contributed by atoms with van der Waals surface area (Å²) in [5.41, 5.74) is 1.74. The Hall–Kier alpha value is -3.73. The van der Waals surface area contributed by atoms with Crippen molar-refractivity contribution < 1.29 is 23.9 Å². The number of ketones is 1. The molecule has 0 aliphatic carbocycles. The number of methoxy groups -OCH3 is 1. The third kappa shape index (κ3) is 4.27. The Kier molecular flexibility index (Phi) is 5.42. The van der Waals surface area contributed by atoms with Crippen LogP contribution < -0.4 is 4.74 Å². The van der Waals surface area contributed by atoms with Crippen LogP contribution in [0.5, 0.6) is 5.75 Å². The van der Waals surface area contributed by atoms with Gasteiger partial charge in [-0.15, -0.1) is 0 Å². The average Bonchev–Trinajstić information content (AvgIpc) is 2.74. The van der Waals surface area contributed by atoms with Gasteiger partial charge in [-0.2, -0.15) is 0 Å². The summed E-state index contributed by atoms with van der Waals surface area (Å²) >= 11 is 0. The van der Waals surface area contributed by atoms with Crippen LogP contribution in [0.1, 0.15) is 36.6 Å². The highest BCUT2D eigenvalue weighted by Gasteiger charge is 2.12. The van der Waals surface area contributed by atoms with Crippen LogP contribution in [-0.4, -0.2) is 24.8 Å². The van der Waals surface area contributed by atoms with Gasteiger partial charge >= 0.3 is 11.9 Å². The van der Waals surface area contributed by atoms with Crippen LogP contribution in [0.15, 0.2) is 78.9 Å². The van der Waals surface area contributed by atoms with Crippen molar-refractivity contribution in [2.24, 2.45) is 0 Å². The van der Waals surface area contributed by atoms with Crippen LogP contribution in [0, 0.1) is 0 Å². The molecule has 0 unspecified atom stereocenters. The summed E-state index contributed by atoms with van der Waals surface area (Å²) in [4.78, 5) is 36.0. The first-order valence-corrected chi connectivity index (χ1v) is 8.19. The van der Waals surface area contributed by atoms with Gasteiger partial charge in [0.15, 0.2) is 5.78 Å². The number of esters is 2. The molecule has 0 bridgehead atoms. The van der Waals surface area contributed by atoms with Gasteiger partial charge in [0.25, 0.3) is 0 Å². The predicted molar refractivity (Wildman–Crippen MR) is 99.1 cm³/mol. The Morgan fingerprint density at radius 1 is 0.593 bits per heavy atom. The molecule has 5 heteroatoms. The van der Waals surface area contributed by atoms with Crippen molar-refractivity contribution in [2.75, 3.05) is 7.11 Å². The maximum atomic E-state index is 12.4. The topological polar surface area (TPSA) is 69.7 Å². The molecule has 0 N–H and O–H groups in total. The lowest BCUT2D eigenvalue weighted by atomic mass is 10.0. The van der Waals surface area contributed by atoms with Gasteiger partial charge in [-0.05, 0) is 48.5 Å². The summed E-state index contributed by atoms with van der Waals surface area (Å²) in [5, 5.41) is 0. The number of benzene rings is 3. The van der Waals surface area contributed by atoms with Gasteiger partial charge in [-0.25, -0.2) is 9.59 Å². The molecule has 27 heavy (non-hydrogen) atoms. The lowest BCUT2D eigenvalue weighted by Crippen LogP contribution is -2.09. The third-order valence-electron chi connectivity index (χ3n) is 3.90. The zero-order chi connectivity index (χ0) is 19.2. The lowest BCUT2D eigenvalue weighted by molar-refractivity contribution is 0.0599. The van der Waals surface area contributed by atoms with Crippen molar-refractivity contribution >= 4 is 17.7 Å². The van der Waals surface area contributed by atoms with E-state index < -0.39 is 11.9 Å². The van der Waals surface area contributed by atoms with Crippen molar-refractivity contribution in [1.29, 1.82) is 0 Å². The van der Waals surface area contributed by atoms with Crippen LogP contribution in [0.4, 0.5) is 0 Å². The minimum absolute atomic E-state index is 0.105. The molecule has 0 aliphatic heterocycles. The number of carbonyl (C=O) groups is 3. The average molecular weight is 360 g/mol. The second-order valence-electron chi connectivity index (χ2n) is 5.68. The fourth-order valence-electron chi connectivity index (χ4n) is 2.46. The summed E-state index contributed by atoms with van der Waals surface area (Å²) in [6.45, 7) is 0. The molecule has 0 aliphatic rings. The molecule has 0 atom stereocenters. The summed E-state index contributed by atoms with van der Waals surface area (Å²) in [6.07, 6.45) is 0. The second kappa shape index (κ2) is 8.10. The van der Waals surface area contributed by atoms with E-state index in [1.54, 1.807) is 48.5 Å². The highest BCUT2D eigenvalue weighted by Crippen LogP contribution is 2.17.